The van der Waals surface area contributed by atoms with Crippen molar-refractivity contribution in [3.05, 3.63) is 35.4 Å². The zero-order chi connectivity index (χ0) is 14.2. The van der Waals surface area contributed by atoms with Gasteiger partial charge in [-0.2, -0.15) is 0 Å². The van der Waals surface area contributed by atoms with Gasteiger partial charge in [0.25, 0.3) is 0 Å². The second-order valence-electron chi connectivity index (χ2n) is 6.65. The normalized spacial score (nSPS) is 29.9. The predicted octanol–water partition coefficient (Wildman–Crippen LogP) is 2.37. The molecule has 1 fully saturated rings. The van der Waals surface area contributed by atoms with Gasteiger partial charge in [0.2, 0.25) is 0 Å². The minimum absolute atomic E-state index is 0.0203. The first-order chi connectivity index (χ1) is 9.61. The van der Waals surface area contributed by atoms with Crippen LogP contribution in [-0.2, 0) is 11.2 Å². The summed E-state index contributed by atoms with van der Waals surface area (Å²) < 4.78 is 5.86. The second-order valence-corrected chi connectivity index (χ2v) is 6.65. The maximum absolute atomic E-state index is 5.86. The fourth-order valence-electron chi connectivity index (χ4n) is 3.82. The summed E-state index contributed by atoms with van der Waals surface area (Å²) in [5, 5.41) is 3.55. The molecular formula is C17H26N2O. The summed E-state index contributed by atoms with van der Waals surface area (Å²) in [7, 11) is 2.09. The maximum atomic E-state index is 5.86. The molecule has 2 aliphatic rings. The number of aryl methyl sites for hydroxylation is 1. The van der Waals surface area contributed by atoms with Crippen LogP contribution in [0.2, 0.25) is 0 Å². The lowest BCUT2D eigenvalue weighted by molar-refractivity contribution is -0.102. The van der Waals surface area contributed by atoms with Gasteiger partial charge >= 0.3 is 0 Å². The number of morpholine rings is 1. The Morgan fingerprint density at radius 2 is 2.10 bits per heavy atom. The molecule has 1 N–H and O–H groups in total. The standard InChI is InChI=1S/C17H26N2O/c1-17(2)12-19(10-11-20-17)15-9-8-13-6-4-5-7-14(13)16(15)18-3/h4-7,15-16,18H,8-12H2,1-3H3. The van der Waals surface area contributed by atoms with E-state index in [1.807, 2.05) is 0 Å². The summed E-state index contributed by atoms with van der Waals surface area (Å²) in [6, 6.07) is 9.90. The third-order valence-electron chi connectivity index (χ3n) is 4.72. The molecule has 2 atom stereocenters. The van der Waals surface area contributed by atoms with E-state index in [4.69, 9.17) is 4.74 Å². The van der Waals surface area contributed by atoms with E-state index in [9.17, 15) is 0 Å². The maximum Gasteiger partial charge on any atom is 0.0753 e. The van der Waals surface area contributed by atoms with E-state index in [0.29, 0.717) is 12.1 Å². The van der Waals surface area contributed by atoms with Crippen LogP contribution in [-0.4, -0.2) is 43.3 Å². The van der Waals surface area contributed by atoms with Gasteiger partial charge in [-0.05, 0) is 44.9 Å². The van der Waals surface area contributed by atoms with Gasteiger partial charge in [0.15, 0.2) is 0 Å². The Hall–Kier alpha value is -0.900. The predicted molar refractivity (Wildman–Crippen MR) is 82.0 cm³/mol. The Kier molecular flexibility index (Phi) is 3.85. The Morgan fingerprint density at radius 3 is 2.85 bits per heavy atom. The van der Waals surface area contributed by atoms with Crippen LogP contribution in [0.1, 0.15) is 37.4 Å². The lowest BCUT2D eigenvalue weighted by atomic mass is 9.82. The Balaban J connectivity index is 1.84. The topological polar surface area (TPSA) is 24.5 Å². The van der Waals surface area contributed by atoms with Crippen molar-refractivity contribution in [1.82, 2.24) is 10.2 Å². The number of benzene rings is 1. The van der Waals surface area contributed by atoms with Crippen LogP contribution in [0.4, 0.5) is 0 Å². The van der Waals surface area contributed by atoms with E-state index >= 15 is 0 Å². The number of nitrogens with one attached hydrogen (secondary N) is 1. The quantitative estimate of drug-likeness (QED) is 0.896. The van der Waals surface area contributed by atoms with Gasteiger partial charge in [-0.1, -0.05) is 24.3 Å². The smallest absolute Gasteiger partial charge is 0.0753 e. The molecule has 1 aliphatic carbocycles. The highest BCUT2D eigenvalue weighted by Crippen LogP contribution is 2.34. The van der Waals surface area contributed by atoms with Crippen LogP contribution in [0.15, 0.2) is 24.3 Å². The van der Waals surface area contributed by atoms with E-state index in [1.54, 1.807) is 0 Å². The minimum Gasteiger partial charge on any atom is -0.373 e. The van der Waals surface area contributed by atoms with Crippen molar-refractivity contribution in [1.29, 1.82) is 0 Å². The van der Waals surface area contributed by atoms with Gasteiger partial charge in [0.05, 0.1) is 12.2 Å². The molecule has 0 spiro atoms. The first-order valence-electron chi connectivity index (χ1n) is 7.74. The number of ether oxygens (including phenoxy) is 1. The number of nitrogens with zero attached hydrogens (tertiary/aromatic N) is 1. The third-order valence-corrected chi connectivity index (χ3v) is 4.72. The van der Waals surface area contributed by atoms with Gasteiger partial charge in [-0.25, -0.2) is 0 Å². The van der Waals surface area contributed by atoms with E-state index < -0.39 is 0 Å². The first kappa shape index (κ1) is 14.1. The molecule has 2 unspecified atom stereocenters. The van der Waals surface area contributed by atoms with Crippen molar-refractivity contribution in [2.45, 2.75) is 44.4 Å². The number of hydrogen-bond acceptors (Lipinski definition) is 3. The van der Waals surface area contributed by atoms with Crippen molar-refractivity contribution >= 4 is 0 Å². The van der Waals surface area contributed by atoms with Crippen LogP contribution in [0, 0.1) is 0 Å². The SMILES string of the molecule is CNC1c2ccccc2CCC1N1CCOC(C)(C)C1. The van der Waals surface area contributed by atoms with Gasteiger partial charge in [0, 0.05) is 25.2 Å². The minimum atomic E-state index is -0.0203. The molecule has 1 aromatic carbocycles. The largest absolute Gasteiger partial charge is 0.373 e. The third kappa shape index (κ3) is 2.62. The van der Waals surface area contributed by atoms with Crippen molar-refractivity contribution < 1.29 is 4.74 Å². The molecular weight excluding hydrogens is 248 g/mol. The molecule has 0 saturated carbocycles. The van der Waals surface area contributed by atoms with Crippen LogP contribution < -0.4 is 5.32 Å². The zero-order valence-corrected chi connectivity index (χ0v) is 12.9. The van der Waals surface area contributed by atoms with E-state index in [2.05, 4.69) is 55.4 Å². The molecule has 3 nitrogen and oxygen atoms in total. The molecule has 0 amide bonds. The average Bonchev–Trinajstić information content (AvgIpc) is 2.45. The van der Waals surface area contributed by atoms with Gasteiger partial charge in [-0.15, -0.1) is 0 Å². The summed E-state index contributed by atoms with van der Waals surface area (Å²) in [6.07, 6.45) is 2.43. The summed E-state index contributed by atoms with van der Waals surface area (Å²) in [5.74, 6) is 0. The van der Waals surface area contributed by atoms with Gasteiger partial charge in [-0.3, -0.25) is 4.90 Å². The molecule has 0 radical (unpaired) electrons. The molecule has 1 heterocycles. The summed E-state index contributed by atoms with van der Waals surface area (Å²) in [5.41, 5.74) is 2.97. The summed E-state index contributed by atoms with van der Waals surface area (Å²) >= 11 is 0. The van der Waals surface area contributed by atoms with Crippen molar-refractivity contribution in [2.24, 2.45) is 0 Å². The Labute approximate surface area is 122 Å². The van der Waals surface area contributed by atoms with E-state index in [-0.39, 0.29) is 5.60 Å². The van der Waals surface area contributed by atoms with Crippen LogP contribution in [0.3, 0.4) is 0 Å². The van der Waals surface area contributed by atoms with Crippen LogP contribution in [0.25, 0.3) is 0 Å². The molecule has 0 aromatic heterocycles. The number of fused-ring (bicyclic) bond motifs is 1. The summed E-state index contributed by atoms with van der Waals surface area (Å²) in [4.78, 5) is 2.63. The van der Waals surface area contributed by atoms with Crippen molar-refractivity contribution in [2.75, 3.05) is 26.7 Å². The molecule has 20 heavy (non-hydrogen) atoms. The van der Waals surface area contributed by atoms with Gasteiger partial charge in [0.1, 0.15) is 0 Å². The van der Waals surface area contributed by atoms with Crippen molar-refractivity contribution in [3.63, 3.8) is 0 Å². The zero-order valence-electron chi connectivity index (χ0n) is 12.9. The molecule has 110 valence electrons. The van der Waals surface area contributed by atoms with Gasteiger partial charge < -0.3 is 10.1 Å². The monoisotopic (exact) mass is 274 g/mol. The van der Waals surface area contributed by atoms with Crippen molar-refractivity contribution in [3.8, 4) is 0 Å². The Morgan fingerprint density at radius 1 is 1.30 bits per heavy atom. The Bertz CT molecular complexity index is 472. The highest BCUT2D eigenvalue weighted by atomic mass is 16.5. The molecule has 3 heteroatoms. The lowest BCUT2D eigenvalue weighted by Gasteiger charge is -2.46. The number of rotatable bonds is 2. The first-order valence-corrected chi connectivity index (χ1v) is 7.74. The van der Waals surface area contributed by atoms with E-state index in [0.717, 1.165) is 19.7 Å². The fraction of sp³-hybridized carbons (Fsp3) is 0.647. The molecule has 3 rings (SSSR count). The summed E-state index contributed by atoms with van der Waals surface area (Å²) in [6.45, 7) is 7.32. The van der Waals surface area contributed by atoms with Crippen LogP contribution in [0.5, 0.6) is 0 Å². The number of hydrogen-bond donors (Lipinski definition) is 1. The highest BCUT2D eigenvalue weighted by molar-refractivity contribution is 5.34. The molecule has 1 saturated heterocycles. The number of likely N-dealkylation sites (N-methyl/N-ethyl adjacent to an activating group) is 1. The highest BCUT2D eigenvalue weighted by Gasteiger charge is 2.37. The average molecular weight is 274 g/mol. The van der Waals surface area contributed by atoms with E-state index in [1.165, 1.54) is 24.0 Å². The second kappa shape index (κ2) is 5.47. The molecule has 1 aromatic rings. The lowest BCUT2D eigenvalue weighted by Crippen LogP contribution is -2.56. The fourth-order valence-corrected chi connectivity index (χ4v) is 3.82. The molecule has 1 aliphatic heterocycles. The molecule has 0 bridgehead atoms. The van der Waals surface area contributed by atoms with Crippen LogP contribution >= 0.6 is 0 Å².